The first-order valence-electron chi connectivity index (χ1n) is 50.7. The van der Waals surface area contributed by atoms with Crippen molar-refractivity contribution >= 4 is 269 Å². The van der Waals surface area contributed by atoms with E-state index < -0.39 is 0 Å². The number of para-hydroxylation sites is 6. The van der Waals surface area contributed by atoms with Gasteiger partial charge >= 0.3 is 0 Å². The second-order valence-corrected chi connectivity index (χ2v) is 40.7. The van der Waals surface area contributed by atoms with Crippen molar-refractivity contribution in [3.63, 3.8) is 0 Å². The van der Waals surface area contributed by atoms with E-state index in [-0.39, 0.29) is 10.8 Å². The van der Waals surface area contributed by atoms with Crippen LogP contribution in [-0.4, -0.2) is 0 Å². The number of fused-ring (bicyclic) bond motifs is 40. The molecule has 0 atom stereocenters. The molecule has 7 aromatic heterocycles. The van der Waals surface area contributed by atoms with Gasteiger partial charge in [-0.25, -0.2) is 0 Å². The Morgan fingerprint density at radius 1 is 0.162 bits per heavy atom. The molecule has 0 saturated carbocycles. The number of hydrogen-bond acceptors (Lipinski definition) is 10. The summed E-state index contributed by atoms with van der Waals surface area (Å²) in [6.45, 7) is 9.61. The molecule has 24 aromatic carbocycles. The fourth-order valence-electron chi connectivity index (χ4n) is 25.1. The van der Waals surface area contributed by atoms with Crippen LogP contribution in [0.25, 0.3) is 240 Å². The summed E-state index contributed by atoms with van der Waals surface area (Å²) < 4.78 is 45.1. The van der Waals surface area contributed by atoms with Gasteiger partial charge in [-0.3, -0.25) is 0 Å². The summed E-state index contributed by atoms with van der Waals surface area (Å²) in [6.07, 6.45) is 0. The van der Waals surface area contributed by atoms with E-state index in [1.54, 1.807) is 0 Å². The average molecular weight is 1900 g/mol. The summed E-state index contributed by atoms with van der Waals surface area (Å²) in [5.41, 5.74) is 32.2. The van der Waals surface area contributed by atoms with Gasteiger partial charge in [-0.2, -0.15) is 0 Å². The van der Waals surface area contributed by atoms with Crippen LogP contribution in [0.1, 0.15) is 49.9 Å². The van der Waals surface area contributed by atoms with Gasteiger partial charge < -0.3 is 45.6 Å². The van der Waals surface area contributed by atoms with Crippen LogP contribution in [0, 0.1) is 0 Å². The number of rotatable bonds is 9. The zero-order valence-electron chi connectivity index (χ0n) is 81.0. The maximum Gasteiger partial charge on any atom is 0.159 e. The van der Waals surface area contributed by atoms with E-state index in [2.05, 4.69) is 425 Å². The maximum absolute atomic E-state index is 6.86. The van der Waals surface area contributed by atoms with Crippen molar-refractivity contribution in [2.45, 2.75) is 38.5 Å². The van der Waals surface area contributed by atoms with Crippen molar-refractivity contribution in [2.75, 3.05) is 14.7 Å². The highest BCUT2D eigenvalue weighted by molar-refractivity contribution is 6.30. The Hall–Kier alpha value is -19.2. The summed E-state index contributed by atoms with van der Waals surface area (Å²) in [4.78, 5) is 7.05. The molecule has 0 bridgehead atoms. The Balaban J connectivity index is 0.000000101. The number of benzene rings is 24. The lowest BCUT2D eigenvalue weighted by molar-refractivity contribution is 0.647. The molecule has 0 fully saturated rings. The number of hydrogen-bond donors (Lipinski definition) is 0. The quantitative estimate of drug-likeness (QED) is 0.130. The van der Waals surface area contributed by atoms with Gasteiger partial charge in [-0.1, -0.05) is 307 Å². The molecule has 10 nitrogen and oxygen atoms in total. The fourth-order valence-corrected chi connectivity index (χ4v) is 25.1. The molecular weight excluding hydrogens is 1810 g/mol. The maximum atomic E-state index is 6.86. The standard InChI is InChI=1S/C54H39NO.C44H25NO3.C40H23NO3/c1-53(2)46-19-11-9-18-44(46)51-47(53)28-27-43-40-25-22-33(30-48(40)54(3,4)52(43)51)55(34-23-26-42-41-17-10-12-20-49(41)56-50(42)31-34)32-21-24-39-37-15-6-5-13-35(37)36-14-7-8-16-38(36)45(39)29-32;1-2-11-28-26(10-1)24-36(30-13-4-3-12-29(28)30)45(27-20-21-32-31-14-5-7-18-37(31)47-41(32)25-27)35-17-9-16-34-43-40(48-44(34)35)23-22-39-42(43)33-15-6-8-19-38(33)46-39;1-2-8-25-21-26(14-13-24(25)7-1)41(28-15-17-30-29-9-3-5-11-34(29)43-38(30)23-28)27-16-19-36-33(22-27)31-18-20-37-39(40(31)44-36)32-10-4-6-12-35(32)42-37/h5-31H,1-4H3;1-25H;1-23H. The van der Waals surface area contributed by atoms with Crippen LogP contribution in [0.2, 0.25) is 0 Å². The molecule has 2 aliphatic carbocycles. The van der Waals surface area contributed by atoms with Crippen LogP contribution in [0.4, 0.5) is 51.2 Å². The van der Waals surface area contributed by atoms with Gasteiger partial charge in [0.2, 0.25) is 0 Å². The minimum absolute atomic E-state index is 0.0470. The Morgan fingerprint density at radius 3 is 1.15 bits per heavy atom. The van der Waals surface area contributed by atoms with Crippen LogP contribution >= 0.6 is 0 Å². The van der Waals surface area contributed by atoms with Gasteiger partial charge in [-0.05, 0) is 261 Å². The highest BCUT2D eigenvalue weighted by atomic mass is 16.4. The fraction of sp³-hybridized carbons (Fsp3) is 0.0435. The smallest absolute Gasteiger partial charge is 0.159 e. The first-order chi connectivity index (χ1) is 72.9. The Labute approximate surface area is 847 Å². The lowest BCUT2D eigenvalue weighted by atomic mass is 9.77. The van der Waals surface area contributed by atoms with Crippen LogP contribution in [0.15, 0.2) is 486 Å². The first kappa shape index (κ1) is 83.5. The van der Waals surface area contributed by atoms with E-state index in [0.717, 1.165) is 210 Å². The predicted molar refractivity (Wildman–Crippen MR) is 614 cm³/mol. The Bertz CT molecular complexity index is 11100. The van der Waals surface area contributed by atoms with Crippen molar-refractivity contribution < 1.29 is 30.9 Å². The summed E-state index contributed by atoms with van der Waals surface area (Å²) >= 11 is 0. The summed E-state index contributed by atoms with van der Waals surface area (Å²) in [6, 6.07) is 162. The zero-order valence-corrected chi connectivity index (χ0v) is 81.0. The normalized spacial score (nSPS) is 13.1. The minimum Gasteiger partial charge on any atom is -0.456 e. The van der Waals surface area contributed by atoms with E-state index in [1.807, 2.05) is 72.8 Å². The van der Waals surface area contributed by atoms with E-state index in [1.165, 1.54) is 104 Å². The summed E-state index contributed by atoms with van der Waals surface area (Å²) in [7, 11) is 0. The largest absolute Gasteiger partial charge is 0.456 e. The van der Waals surface area contributed by atoms with Gasteiger partial charge in [0.05, 0.1) is 22.4 Å². The lowest BCUT2D eigenvalue weighted by Gasteiger charge is -2.29. The van der Waals surface area contributed by atoms with Crippen LogP contribution in [0.5, 0.6) is 0 Å². The number of furan rings is 7. The zero-order chi connectivity index (χ0) is 97.6. The van der Waals surface area contributed by atoms with Crippen molar-refractivity contribution in [3.05, 3.63) is 477 Å². The molecule has 0 unspecified atom stereocenters. The van der Waals surface area contributed by atoms with Gasteiger partial charge in [0.1, 0.15) is 72.6 Å². The molecule has 696 valence electrons. The summed E-state index contributed by atoms with van der Waals surface area (Å²) in [5.74, 6) is 0. The average Bonchev–Trinajstić information content (AvgIpc) is 1.52. The van der Waals surface area contributed by atoms with E-state index >= 15 is 0 Å². The van der Waals surface area contributed by atoms with E-state index in [4.69, 9.17) is 30.9 Å². The highest BCUT2D eigenvalue weighted by Crippen LogP contribution is 2.61. The van der Waals surface area contributed by atoms with Crippen LogP contribution < -0.4 is 14.7 Å². The third kappa shape index (κ3) is 12.4. The van der Waals surface area contributed by atoms with Gasteiger partial charge in [0.15, 0.2) is 5.58 Å². The minimum atomic E-state index is -0.216. The molecule has 0 N–H and O–H groups in total. The Kier molecular flexibility index (Phi) is 17.9. The van der Waals surface area contributed by atoms with Gasteiger partial charge in [0, 0.05) is 139 Å². The molecule has 2 aliphatic rings. The van der Waals surface area contributed by atoms with Crippen molar-refractivity contribution in [1.82, 2.24) is 0 Å². The number of anilines is 9. The third-order valence-electron chi connectivity index (χ3n) is 31.9. The molecule has 7 heterocycles. The molecule has 0 spiro atoms. The molecule has 31 aromatic rings. The molecule has 33 rings (SSSR count). The van der Waals surface area contributed by atoms with E-state index in [9.17, 15) is 0 Å². The van der Waals surface area contributed by atoms with E-state index in [0.29, 0.717) is 0 Å². The Morgan fingerprint density at radius 2 is 0.534 bits per heavy atom. The van der Waals surface area contributed by atoms with Crippen LogP contribution in [-0.2, 0) is 10.8 Å². The molecule has 10 heteroatoms. The van der Waals surface area contributed by atoms with Crippen molar-refractivity contribution in [1.29, 1.82) is 0 Å². The topological polar surface area (TPSA) is 102 Å². The SMILES string of the molecule is CC1(C)c2ccccc2-c2c1ccc1c2C(C)(C)c2cc(N(c3ccc4c(c3)oc3ccccc34)c3ccc4c5ccccc5c5ccccc5c4c3)ccc2-1.c1ccc2c(c1)cc(N(c1ccc3c(c1)oc1ccccc13)c1cccc3c1oc1ccc4oc5ccccc5c4c13)c1ccccc12.c1ccc2cc(N(c3ccc4c(c3)oc3ccccc34)c3ccc4oc5c(ccc6oc7ccccc7c65)c4c3)ccc2c1. The monoisotopic (exact) mass is 1900 g/mol. The summed E-state index contributed by atoms with van der Waals surface area (Å²) in [5, 5.41) is 29.9. The second kappa shape index (κ2) is 31.7. The van der Waals surface area contributed by atoms with Crippen LogP contribution in [0.3, 0.4) is 0 Å². The highest BCUT2D eigenvalue weighted by Gasteiger charge is 2.45. The first-order valence-corrected chi connectivity index (χ1v) is 50.7. The van der Waals surface area contributed by atoms with Crippen molar-refractivity contribution in [3.8, 4) is 22.3 Å². The molecule has 0 saturated heterocycles. The van der Waals surface area contributed by atoms with Gasteiger partial charge in [-0.15, -0.1) is 0 Å². The van der Waals surface area contributed by atoms with Gasteiger partial charge in [0.25, 0.3) is 0 Å². The second-order valence-electron chi connectivity index (χ2n) is 40.7. The predicted octanol–water partition coefficient (Wildman–Crippen LogP) is 40.3. The van der Waals surface area contributed by atoms with Crippen molar-refractivity contribution in [2.24, 2.45) is 0 Å². The molecular formula is C138H87N3O7. The molecule has 0 amide bonds. The lowest BCUT2D eigenvalue weighted by Crippen LogP contribution is -2.19. The molecule has 0 radical (unpaired) electrons. The molecule has 0 aliphatic heterocycles. The number of nitrogens with zero attached hydrogens (tertiary/aromatic N) is 3. The third-order valence-corrected chi connectivity index (χ3v) is 31.9. The molecule has 148 heavy (non-hydrogen) atoms.